The second-order valence-corrected chi connectivity index (χ2v) is 7.97. The number of ether oxygens (including phenoxy) is 2. The first-order valence-corrected chi connectivity index (χ1v) is 11.0. The molecular weight excluding hydrogens is 481 g/mol. The third-order valence-electron chi connectivity index (χ3n) is 5.79. The van der Waals surface area contributed by atoms with Gasteiger partial charge in [-0.25, -0.2) is 18.7 Å². The zero-order valence-electron chi connectivity index (χ0n) is 19.0. The molecule has 37 heavy (non-hydrogen) atoms. The van der Waals surface area contributed by atoms with Crippen molar-refractivity contribution in [2.24, 2.45) is 0 Å². The van der Waals surface area contributed by atoms with Crippen molar-refractivity contribution in [2.75, 3.05) is 11.9 Å². The molecule has 5 rings (SSSR count). The van der Waals surface area contributed by atoms with Crippen LogP contribution < -0.4 is 5.32 Å². The van der Waals surface area contributed by atoms with Gasteiger partial charge in [0.15, 0.2) is 17.4 Å². The minimum atomic E-state index is -2.23. The topological polar surface area (TPSA) is 139 Å². The highest BCUT2D eigenvalue weighted by Gasteiger charge is 2.57. The van der Waals surface area contributed by atoms with Crippen molar-refractivity contribution >= 4 is 23.2 Å². The Morgan fingerprint density at radius 1 is 1.11 bits per heavy atom. The molecule has 1 unspecified atom stereocenters. The minimum absolute atomic E-state index is 0.00734. The third kappa shape index (κ3) is 4.05. The molecule has 11 heteroatoms. The van der Waals surface area contributed by atoms with E-state index in [1.165, 1.54) is 28.8 Å². The van der Waals surface area contributed by atoms with Gasteiger partial charge in [0.25, 0.3) is 11.5 Å². The summed E-state index contributed by atoms with van der Waals surface area (Å²) in [6.45, 7) is -0.870. The molecule has 0 saturated carbocycles. The Balaban J connectivity index is 1.55. The molecule has 2 aromatic heterocycles. The minimum Gasteiger partial charge on any atom is -0.461 e. The summed E-state index contributed by atoms with van der Waals surface area (Å²) in [7, 11) is 0. The Hall–Kier alpha value is -5.08. The average Bonchev–Trinajstić information content (AvgIpc) is 3.50. The molecule has 0 fully saturated rings. The summed E-state index contributed by atoms with van der Waals surface area (Å²) < 4.78 is 27.6. The van der Waals surface area contributed by atoms with Crippen molar-refractivity contribution in [3.05, 3.63) is 108 Å². The Morgan fingerprint density at radius 3 is 2.43 bits per heavy atom. The van der Waals surface area contributed by atoms with Crippen LogP contribution in [0.15, 0.2) is 90.7 Å². The fraction of sp³-hybridized carbons (Fsp3) is 0.115. The van der Waals surface area contributed by atoms with E-state index in [4.69, 9.17) is 9.47 Å². The quantitative estimate of drug-likeness (QED) is 0.386. The summed E-state index contributed by atoms with van der Waals surface area (Å²) in [5.74, 6) is -2.85. The Kier molecular flexibility index (Phi) is 6.09. The third-order valence-corrected chi connectivity index (χ3v) is 5.79. The van der Waals surface area contributed by atoms with E-state index < -0.39 is 41.8 Å². The highest BCUT2D eigenvalue weighted by Crippen LogP contribution is 2.45. The number of carbonyl (C=O) groups excluding carboxylic acids is 2. The van der Waals surface area contributed by atoms with Crippen LogP contribution in [0.1, 0.15) is 26.4 Å². The van der Waals surface area contributed by atoms with Crippen LogP contribution in [0.5, 0.6) is 0 Å². The van der Waals surface area contributed by atoms with Gasteiger partial charge in [0.05, 0.1) is 5.56 Å². The van der Waals surface area contributed by atoms with Gasteiger partial charge in [0.1, 0.15) is 30.2 Å². The maximum absolute atomic E-state index is 15.3. The standard InChI is InChI=1S/C26H18FN5O5/c27-21-19(13-33)37-26(14-28,22(21)36-25(35)17-9-5-2-6-10-17)20-12-11-18-23(29-15-30-32(18)20)31-24(34)16-7-3-1-4-8-16/h1-12,15,22,33H,13H2,(H,29,30,31,34)/t22?,26-/m0/s1. The summed E-state index contributed by atoms with van der Waals surface area (Å²) in [4.78, 5) is 29.6. The lowest BCUT2D eigenvalue weighted by Crippen LogP contribution is -2.41. The van der Waals surface area contributed by atoms with Gasteiger partial charge in [0.2, 0.25) is 6.10 Å². The van der Waals surface area contributed by atoms with E-state index in [2.05, 4.69) is 15.4 Å². The first kappa shape index (κ1) is 23.7. The van der Waals surface area contributed by atoms with E-state index in [0.717, 1.165) is 6.33 Å². The van der Waals surface area contributed by atoms with E-state index in [-0.39, 0.29) is 22.6 Å². The fourth-order valence-electron chi connectivity index (χ4n) is 4.02. The number of carbonyl (C=O) groups is 2. The Labute approximate surface area is 209 Å². The molecule has 1 aliphatic rings. The number of halogens is 1. The van der Waals surface area contributed by atoms with Crippen molar-refractivity contribution in [3.8, 4) is 6.07 Å². The van der Waals surface area contributed by atoms with Crippen LogP contribution in [-0.4, -0.2) is 44.3 Å². The predicted octanol–water partition coefficient (Wildman–Crippen LogP) is 3.13. The molecule has 3 heterocycles. The monoisotopic (exact) mass is 499 g/mol. The van der Waals surface area contributed by atoms with Gasteiger partial charge >= 0.3 is 5.97 Å². The summed E-state index contributed by atoms with van der Waals surface area (Å²) >= 11 is 0. The van der Waals surface area contributed by atoms with Crippen molar-refractivity contribution in [3.63, 3.8) is 0 Å². The molecule has 184 valence electrons. The van der Waals surface area contributed by atoms with E-state index in [9.17, 15) is 20.0 Å². The number of amides is 1. The molecule has 1 amide bonds. The lowest BCUT2D eigenvalue weighted by Gasteiger charge is -2.27. The molecule has 2 N–H and O–H groups in total. The molecule has 2 aromatic carbocycles. The average molecular weight is 499 g/mol. The van der Waals surface area contributed by atoms with Gasteiger partial charge in [-0.15, -0.1) is 0 Å². The van der Waals surface area contributed by atoms with Gasteiger partial charge < -0.3 is 19.9 Å². The highest BCUT2D eigenvalue weighted by atomic mass is 19.1. The maximum Gasteiger partial charge on any atom is 0.339 e. The number of nitriles is 1. The van der Waals surface area contributed by atoms with E-state index >= 15 is 4.39 Å². The van der Waals surface area contributed by atoms with Crippen molar-refractivity contribution in [2.45, 2.75) is 11.7 Å². The van der Waals surface area contributed by atoms with Crippen LogP contribution in [-0.2, 0) is 15.1 Å². The number of hydrogen-bond donors (Lipinski definition) is 2. The smallest absolute Gasteiger partial charge is 0.339 e. The maximum atomic E-state index is 15.3. The van der Waals surface area contributed by atoms with Gasteiger partial charge in [-0.3, -0.25) is 4.79 Å². The van der Waals surface area contributed by atoms with Gasteiger partial charge in [-0.05, 0) is 36.4 Å². The number of anilines is 1. The van der Waals surface area contributed by atoms with E-state index in [0.29, 0.717) is 5.56 Å². The number of fused-ring (bicyclic) bond motifs is 1. The summed E-state index contributed by atoms with van der Waals surface area (Å²) in [5.41, 5.74) is -1.44. The molecule has 1 aliphatic heterocycles. The lowest BCUT2D eigenvalue weighted by molar-refractivity contribution is -0.0427. The van der Waals surface area contributed by atoms with Crippen molar-refractivity contribution < 1.29 is 28.6 Å². The fourth-order valence-corrected chi connectivity index (χ4v) is 4.02. The van der Waals surface area contributed by atoms with Crippen LogP contribution in [0.2, 0.25) is 0 Å². The van der Waals surface area contributed by atoms with Crippen LogP contribution in [0.25, 0.3) is 5.52 Å². The summed E-state index contributed by atoms with van der Waals surface area (Å²) in [5, 5.41) is 26.7. The van der Waals surface area contributed by atoms with Crippen LogP contribution >= 0.6 is 0 Å². The summed E-state index contributed by atoms with van der Waals surface area (Å²) in [6, 6.07) is 21.1. The number of nitrogens with zero attached hydrogens (tertiary/aromatic N) is 4. The molecule has 0 aliphatic carbocycles. The lowest BCUT2D eigenvalue weighted by atomic mass is 9.94. The van der Waals surface area contributed by atoms with Crippen LogP contribution in [0.4, 0.5) is 10.2 Å². The molecular formula is C26H18FN5O5. The van der Waals surface area contributed by atoms with Crippen molar-refractivity contribution in [1.29, 1.82) is 5.26 Å². The normalized spacial score (nSPS) is 18.8. The molecule has 10 nitrogen and oxygen atoms in total. The number of benzene rings is 2. The molecule has 4 aromatic rings. The number of aromatic nitrogens is 3. The van der Waals surface area contributed by atoms with Gasteiger partial charge in [0, 0.05) is 5.56 Å². The molecule has 0 bridgehead atoms. The van der Waals surface area contributed by atoms with Crippen LogP contribution in [0.3, 0.4) is 0 Å². The van der Waals surface area contributed by atoms with Gasteiger partial charge in [-0.2, -0.15) is 10.4 Å². The number of aliphatic hydroxyl groups is 1. The first-order chi connectivity index (χ1) is 18.0. The second-order valence-electron chi connectivity index (χ2n) is 7.97. The Morgan fingerprint density at radius 2 is 1.78 bits per heavy atom. The van der Waals surface area contributed by atoms with E-state index in [1.807, 2.05) is 6.07 Å². The number of aliphatic hydroxyl groups excluding tert-OH is 1. The van der Waals surface area contributed by atoms with Crippen LogP contribution in [0, 0.1) is 11.3 Å². The largest absolute Gasteiger partial charge is 0.461 e. The number of esters is 1. The second kappa shape index (κ2) is 9.52. The SMILES string of the molecule is N#C[C@@]1(c2ccc3c(NC(=O)c4ccccc4)ncnn23)OC(CO)=C(F)C1OC(=O)c1ccccc1. The number of nitrogens with one attached hydrogen (secondary N) is 1. The van der Waals surface area contributed by atoms with E-state index in [1.54, 1.807) is 48.5 Å². The summed E-state index contributed by atoms with van der Waals surface area (Å²) in [6.07, 6.45) is -0.707. The van der Waals surface area contributed by atoms with Crippen molar-refractivity contribution in [1.82, 2.24) is 14.6 Å². The number of hydrogen-bond acceptors (Lipinski definition) is 8. The highest BCUT2D eigenvalue weighted by molar-refractivity contribution is 6.05. The molecule has 0 saturated heterocycles. The molecule has 0 radical (unpaired) electrons. The Bertz CT molecular complexity index is 1560. The molecule has 0 spiro atoms. The first-order valence-electron chi connectivity index (χ1n) is 11.0. The number of rotatable bonds is 6. The zero-order valence-corrected chi connectivity index (χ0v) is 19.0. The predicted molar refractivity (Wildman–Crippen MR) is 127 cm³/mol. The van der Waals surface area contributed by atoms with Gasteiger partial charge in [-0.1, -0.05) is 36.4 Å². The zero-order chi connectivity index (χ0) is 26.0. The molecule has 2 atom stereocenters.